The average Bonchev–Trinajstić information content (AvgIpc) is 3.25. The number of hydrogen-bond acceptors (Lipinski definition) is 6. The van der Waals surface area contributed by atoms with Crippen molar-refractivity contribution in [2.24, 2.45) is 0 Å². The molecule has 11 heteroatoms. The molecule has 174 valence electrons. The lowest BCUT2D eigenvalue weighted by Crippen LogP contribution is -2.14. The van der Waals surface area contributed by atoms with Crippen LogP contribution in [0.15, 0.2) is 42.9 Å². The fourth-order valence-corrected chi connectivity index (χ4v) is 2.85. The summed E-state index contributed by atoms with van der Waals surface area (Å²) in [4.78, 5) is 20.7. The van der Waals surface area contributed by atoms with Crippen molar-refractivity contribution in [3.05, 3.63) is 59.5 Å². The first-order valence-electron chi connectivity index (χ1n) is 9.72. The molecule has 0 aliphatic carbocycles. The smallest absolute Gasteiger partial charge is 0.416 e. The van der Waals surface area contributed by atoms with Gasteiger partial charge in [0, 0.05) is 29.6 Å². The topological polar surface area (TPSA) is 79.1 Å². The highest BCUT2D eigenvalue weighted by atomic mass is 19.4. The predicted octanol–water partition coefficient (Wildman–Crippen LogP) is 4.79. The third-order valence-corrected chi connectivity index (χ3v) is 4.32. The Morgan fingerprint density at radius 3 is 2.52 bits per heavy atom. The van der Waals surface area contributed by atoms with Crippen molar-refractivity contribution >= 4 is 17.7 Å². The van der Waals surface area contributed by atoms with Gasteiger partial charge in [-0.15, -0.1) is 5.10 Å². The van der Waals surface area contributed by atoms with E-state index in [2.05, 4.69) is 15.1 Å². The standard InChI is InChI=1S/C22H20F4N4O3/c1-13(2)33-21(31)18(15-4-5-19(32-3)27-10-15)11-30-12-28-20(29-30)16-6-14(9-23)7-17(8-16)22(24,25)26/h4-8,10-13H,9H2,1-3H3. The number of methoxy groups -OCH3 is 1. The van der Waals surface area contributed by atoms with Gasteiger partial charge in [-0.25, -0.2) is 23.8 Å². The van der Waals surface area contributed by atoms with Gasteiger partial charge >= 0.3 is 12.1 Å². The number of esters is 1. The lowest BCUT2D eigenvalue weighted by molar-refractivity contribution is -0.140. The van der Waals surface area contributed by atoms with E-state index in [1.165, 1.54) is 31.9 Å². The van der Waals surface area contributed by atoms with E-state index >= 15 is 0 Å². The molecule has 0 aliphatic heterocycles. The third-order valence-electron chi connectivity index (χ3n) is 4.32. The molecule has 0 amide bonds. The minimum absolute atomic E-state index is 0.0120. The third kappa shape index (κ3) is 5.93. The maximum absolute atomic E-state index is 13.2. The molecule has 1 aromatic carbocycles. The van der Waals surface area contributed by atoms with Gasteiger partial charge < -0.3 is 9.47 Å². The normalized spacial score (nSPS) is 12.2. The Morgan fingerprint density at radius 1 is 1.18 bits per heavy atom. The number of halogens is 4. The number of ether oxygens (including phenoxy) is 2. The van der Waals surface area contributed by atoms with Crippen LogP contribution in [-0.2, 0) is 22.4 Å². The van der Waals surface area contributed by atoms with Crippen molar-refractivity contribution in [2.75, 3.05) is 7.11 Å². The van der Waals surface area contributed by atoms with Crippen LogP contribution in [0.25, 0.3) is 23.2 Å². The minimum Gasteiger partial charge on any atom is -0.481 e. The molecule has 0 radical (unpaired) electrons. The van der Waals surface area contributed by atoms with E-state index in [0.29, 0.717) is 11.4 Å². The molecule has 7 nitrogen and oxygen atoms in total. The second-order valence-electron chi connectivity index (χ2n) is 7.18. The zero-order valence-corrected chi connectivity index (χ0v) is 17.9. The molecule has 0 atom stereocenters. The first-order valence-corrected chi connectivity index (χ1v) is 9.72. The van der Waals surface area contributed by atoms with Crippen molar-refractivity contribution in [1.82, 2.24) is 19.7 Å². The Morgan fingerprint density at radius 2 is 1.94 bits per heavy atom. The van der Waals surface area contributed by atoms with E-state index in [0.717, 1.165) is 16.8 Å². The molecule has 3 rings (SSSR count). The van der Waals surface area contributed by atoms with Gasteiger partial charge in [-0.3, -0.25) is 0 Å². The zero-order valence-electron chi connectivity index (χ0n) is 17.9. The lowest BCUT2D eigenvalue weighted by Gasteiger charge is -2.11. The number of nitrogens with zero attached hydrogens (tertiary/aromatic N) is 4. The Hall–Kier alpha value is -3.76. The monoisotopic (exact) mass is 464 g/mol. The van der Waals surface area contributed by atoms with E-state index in [-0.39, 0.29) is 22.5 Å². The van der Waals surface area contributed by atoms with Gasteiger partial charge in [-0.05, 0) is 43.7 Å². The molecule has 3 aromatic rings. The number of aromatic nitrogens is 4. The molecular weight excluding hydrogens is 444 g/mol. The molecule has 0 bridgehead atoms. The number of hydrogen-bond donors (Lipinski definition) is 0. The van der Waals surface area contributed by atoms with Gasteiger partial charge in [-0.1, -0.05) is 0 Å². The molecule has 0 N–H and O–H groups in total. The maximum atomic E-state index is 13.2. The molecule has 0 aliphatic rings. The van der Waals surface area contributed by atoms with Crippen LogP contribution in [0.5, 0.6) is 5.88 Å². The van der Waals surface area contributed by atoms with Crippen LogP contribution >= 0.6 is 0 Å². The van der Waals surface area contributed by atoms with Gasteiger partial charge in [-0.2, -0.15) is 13.2 Å². The summed E-state index contributed by atoms with van der Waals surface area (Å²) in [7, 11) is 1.45. The van der Waals surface area contributed by atoms with Crippen molar-refractivity contribution < 1.29 is 31.8 Å². The Bertz CT molecular complexity index is 1160. The van der Waals surface area contributed by atoms with E-state index in [9.17, 15) is 22.4 Å². The summed E-state index contributed by atoms with van der Waals surface area (Å²) in [6, 6.07) is 5.96. The van der Waals surface area contributed by atoms with Crippen LogP contribution in [0.1, 0.15) is 30.5 Å². The largest absolute Gasteiger partial charge is 0.481 e. The molecule has 0 fully saturated rings. The van der Waals surface area contributed by atoms with Crippen LogP contribution in [-0.4, -0.2) is 38.9 Å². The molecular formula is C22H20F4N4O3. The first kappa shape index (κ1) is 23.9. The van der Waals surface area contributed by atoms with Gasteiger partial charge in [0.25, 0.3) is 0 Å². The van der Waals surface area contributed by atoms with Crippen molar-refractivity contribution in [2.45, 2.75) is 32.8 Å². The van der Waals surface area contributed by atoms with Gasteiger partial charge in [0.1, 0.15) is 13.0 Å². The van der Waals surface area contributed by atoms with Crippen LogP contribution in [0.2, 0.25) is 0 Å². The molecule has 2 aromatic heterocycles. The summed E-state index contributed by atoms with van der Waals surface area (Å²) in [5, 5.41) is 4.13. The van der Waals surface area contributed by atoms with Crippen molar-refractivity contribution in [3.8, 4) is 17.3 Å². The summed E-state index contributed by atoms with van der Waals surface area (Å²) < 4.78 is 64.1. The molecule has 0 unspecified atom stereocenters. The summed E-state index contributed by atoms with van der Waals surface area (Å²) >= 11 is 0. The number of alkyl halides is 4. The second kappa shape index (κ2) is 9.80. The molecule has 0 spiro atoms. The summed E-state index contributed by atoms with van der Waals surface area (Å²) in [5.74, 6) is -0.393. The van der Waals surface area contributed by atoms with E-state index in [1.807, 2.05) is 0 Å². The molecule has 0 saturated heterocycles. The van der Waals surface area contributed by atoms with Gasteiger partial charge in [0.15, 0.2) is 5.82 Å². The highest BCUT2D eigenvalue weighted by Gasteiger charge is 2.31. The number of pyridine rings is 1. The zero-order chi connectivity index (χ0) is 24.2. The Kier molecular flexibility index (Phi) is 7.10. The summed E-state index contributed by atoms with van der Waals surface area (Å²) in [6.07, 6.45) is -1.12. The Balaban J connectivity index is 2.02. The quantitative estimate of drug-likeness (QED) is 0.284. The van der Waals surface area contributed by atoms with Crippen molar-refractivity contribution in [1.29, 1.82) is 0 Å². The second-order valence-corrected chi connectivity index (χ2v) is 7.18. The minimum atomic E-state index is -4.66. The summed E-state index contributed by atoms with van der Waals surface area (Å²) in [5.41, 5.74) is -0.689. The van der Waals surface area contributed by atoms with Crippen LogP contribution in [0.4, 0.5) is 17.6 Å². The van der Waals surface area contributed by atoms with Crippen LogP contribution in [0.3, 0.4) is 0 Å². The SMILES string of the molecule is COc1ccc(C(=Cn2cnc(-c3cc(CF)cc(C(F)(F)F)c3)n2)C(=O)OC(C)C)cn1. The number of carbonyl (C=O) groups excluding carboxylic acids is 1. The molecule has 2 heterocycles. The maximum Gasteiger partial charge on any atom is 0.416 e. The molecule has 0 saturated carbocycles. The predicted molar refractivity (Wildman–Crippen MR) is 111 cm³/mol. The fraction of sp³-hybridized carbons (Fsp3) is 0.273. The van der Waals surface area contributed by atoms with Gasteiger partial charge in [0.2, 0.25) is 5.88 Å². The lowest BCUT2D eigenvalue weighted by atomic mass is 10.1. The highest BCUT2D eigenvalue weighted by molar-refractivity contribution is 6.20. The molecule has 33 heavy (non-hydrogen) atoms. The summed E-state index contributed by atoms with van der Waals surface area (Å²) in [6.45, 7) is 2.30. The number of benzene rings is 1. The average molecular weight is 464 g/mol. The van der Waals surface area contributed by atoms with E-state index in [4.69, 9.17) is 9.47 Å². The van der Waals surface area contributed by atoms with E-state index < -0.39 is 30.5 Å². The Labute approximate surface area is 186 Å². The van der Waals surface area contributed by atoms with Gasteiger partial charge in [0.05, 0.1) is 24.4 Å². The highest BCUT2D eigenvalue weighted by Crippen LogP contribution is 2.33. The fourth-order valence-electron chi connectivity index (χ4n) is 2.85. The first-order chi connectivity index (χ1) is 15.6. The van der Waals surface area contributed by atoms with Crippen molar-refractivity contribution in [3.63, 3.8) is 0 Å². The number of rotatable bonds is 7. The van der Waals surface area contributed by atoms with Crippen LogP contribution in [0, 0.1) is 0 Å². The van der Waals surface area contributed by atoms with E-state index in [1.54, 1.807) is 26.0 Å². The van der Waals surface area contributed by atoms with Crippen LogP contribution < -0.4 is 4.74 Å². The number of carbonyl (C=O) groups is 1.